The van der Waals surface area contributed by atoms with Crippen molar-refractivity contribution in [2.24, 2.45) is 12.1 Å². The number of para-hydroxylation sites is 1. The van der Waals surface area contributed by atoms with E-state index in [2.05, 4.69) is 20.5 Å². The molecule has 0 saturated heterocycles. The van der Waals surface area contributed by atoms with Crippen molar-refractivity contribution in [3.05, 3.63) is 51.2 Å². The van der Waals surface area contributed by atoms with Crippen LogP contribution in [0.1, 0.15) is 20.3 Å². The Morgan fingerprint density at radius 2 is 2.07 bits per heavy atom. The molecule has 0 aliphatic heterocycles. The largest absolute Gasteiger partial charge is 0.491 e. The van der Waals surface area contributed by atoms with E-state index >= 15 is 0 Å². The second-order valence-corrected chi connectivity index (χ2v) is 6.63. The lowest BCUT2D eigenvalue weighted by Gasteiger charge is -2.15. The van der Waals surface area contributed by atoms with Gasteiger partial charge >= 0.3 is 5.69 Å². The van der Waals surface area contributed by atoms with Crippen molar-refractivity contribution in [1.29, 1.82) is 0 Å². The van der Waals surface area contributed by atoms with Crippen molar-refractivity contribution in [1.82, 2.24) is 19.1 Å². The number of benzene rings is 1. The predicted molar refractivity (Wildman–Crippen MR) is 111 cm³/mol. The van der Waals surface area contributed by atoms with Crippen LogP contribution >= 0.6 is 0 Å². The molecule has 1 aromatic carbocycles. The predicted octanol–water partition coefficient (Wildman–Crippen LogP) is 1.06. The van der Waals surface area contributed by atoms with Gasteiger partial charge in [-0.15, -0.1) is 0 Å². The number of hydrogen-bond donors (Lipinski definition) is 3. The second-order valence-electron chi connectivity index (χ2n) is 6.63. The Morgan fingerprint density at radius 1 is 1.34 bits per heavy atom. The summed E-state index contributed by atoms with van der Waals surface area (Å²) < 4.78 is 8.32. The first-order chi connectivity index (χ1) is 13.9. The van der Waals surface area contributed by atoms with Gasteiger partial charge < -0.3 is 14.4 Å². The van der Waals surface area contributed by atoms with Crippen LogP contribution in [0.2, 0.25) is 0 Å². The van der Waals surface area contributed by atoms with Crippen LogP contribution in [0.3, 0.4) is 0 Å². The summed E-state index contributed by atoms with van der Waals surface area (Å²) in [6.07, 6.45) is -0.194. The zero-order valence-electron chi connectivity index (χ0n) is 16.5. The summed E-state index contributed by atoms with van der Waals surface area (Å²) in [4.78, 5) is 30.9. The molecular formula is C19H24N6O4. The van der Waals surface area contributed by atoms with E-state index in [9.17, 15) is 14.7 Å². The Morgan fingerprint density at radius 3 is 2.76 bits per heavy atom. The summed E-state index contributed by atoms with van der Waals surface area (Å²) in [6, 6.07) is 9.11. The molecule has 0 radical (unpaired) electrons. The van der Waals surface area contributed by atoms with Gasteiger partial charge in [-0.05, 0) is 25.5 Å². The first-order valence-corrected chi connectivity index (χ1v) is 9.25. The first kappa shape index (κ1) is 20.3. The van der Waals surface area contributed by atoms with Crippen molar-refractivity contribution in [3.8, 4) is 5.75 Å². The highest BCUT2D eigenvalue weighted by molar-refractivity contribution is 5.82. The molecule has 0 spiro atoms. The maximum absolute atomic E-state index is 12.4. The normalized spacial score (nSPS) is 12.9. The topological polar surface area (TPSA) is 127 Å². The van der Waals surface area contributed by atoms with Crippen LogP contribution in [0.4, 0.5) is 5.95 Å². The number of H-pyrrole nitrogens is 1. The number of hydrazone groups is 1. The van der Waals surface area contributed by atoms with Crippen molar-refractivity contribution in [2.75, 3.05) is 12.0 Å². The number of aliphatic hydroxyl groups excluding tert-OH is 1. The molecule has 10 nitrogen and oxygen atoms in total. The van der Waals surface area contributed by atoms with Crippen LogP contribution in [-0.2, 0) is 13.6 Å². The number of fused-ring (bicyclic) bond motifs is 1. The fourth-order valence-corrected chi connectivity index (χ4v) is 2.69. The van der Waals surface area contributed by atoms with Gasteiger partial charge in [0.2, 0.25) is 5.95 Å². The minimum Gasteiger partial charge on any atom is -0.491 e. The highest BCUT2D eigenvalue weighted by atomic mass is 16.5. The maximum atomic E-state index is 12.4. The Balaban J connectivity index is 1.94. The second kappa shape index (κ2) is 8.74. The van der Waals surface area contributed by atoms with E-state index in [0.29, 0.717) is 5.75 Å². The summed E-state index contributed by atoms with van der Waals surface area (Å²) in [5, 5.41) is 14.7. The summed E-state index contributed by atoms with van der Waals surface area (Å²) in [5.74, 6) is 0.877. The summed E-state index contributed by atoms with van der Waals surface area (Å²) >= 11 is 0. The molecule has 0 saturated carbocycles. The van der Waals surface area contributed by atoms with Crippen LogP contribution in [0, 0.1) is 0 Å². The van der Waals surface area contributed by atoms with E-state index in [1.165, 1.54) is 16.2 Å². The molecule has 3 N–H and O–H groups in total. The Hall–Kier alpha value is -3.40. The van der Waals surface area contributed by atoms with Crippen molar-refractivity contribution in [3.63, 3.8) is 0 Å². The SMILES string of the molecule is CC/C(C)=N\Nc1nc2c(c(=O)[nH]c(=O)n2C)n1C[C@H](O)COc1ccccc1. The first-order valence-electron chi connectivity index (χ1n) is 9.25. The molecule has 2 heterocycles. The Bertz CT molecular complexity index is 1130. The molecular weight excluding hydrogens is 376 g/mol. The summed E-state index contributed by atoms with van der Waals surface area (Å²) in [5.41, 5.74) is 2.86. The highest BCUT2D eigenvalue weighted by Crippen LogP contribution is 2.17. The zero-order chi connectivity index (χ0) is 21.0. The van der Waals surface area contributed by atoms with E-state index in [4.69, 9.17) is 4.74 Å². The van der Waals surface area contributed by atoms with Crippen LogP contribution in [0.25, 0.3) is 11.2 Å². The average Bonchev–Trinajstić information content (AvgIpc) is 3.08. The molecule has 1 atom stereocenters. The maximum Gasteiger partial charge on any atom is 0.329 e. The van der Waals surface area contributed by atoms with Gasteiger partial charge in [0.25, 0.3) is 5.56 Å². The molecule has 0 bridgehead atoms. The zero-order valence-corrected chi connectivity index (χ0v) is 16.5. The third-order valence-corrected chi connectivity index (χ3v) is 4.44. The summed E-state index contributed by atoms with van der Waals surface area (Å²) in [7, 11) is 1.51. The number of hydrogen-bond acceptors (Lipinski definition) is 7. The van der Waals surface area contributed by atoms with E-state index in [0.717, 1.165) is 12.1 Å². The number of nitrogens with one attached hydrogen (secondary N) is 2. The van der Waals surface area contributed by atoms with Gasteiger partial charge in [0.05, 0.1) is 6.54 Å². The van der Waals surface area contributed by atoms with Crippen LogP contribution in [0.5, 0.6) is 5.75 Å². The average molecular weight is 400 g/mol. The van der Waals surface area contributed by atoms with Gasteiger partial charge in [0, 0.05) is 12.8 Å². The standard InChI is InChI=1S/C19H24N6O4/c1-4-12(2)22-23-18-20-16-15(17(27)21-19(28)24(16)3)25(18)10-13(26)11-29-14-8-6-5-7-9-14/h5-9,13,26H,4,10-11H2,1-3H3,(H,20,23)(H,21,27,28)/b22-12-/t13-/m0/s1. The van der Waals surface area contributed by atoms with E-state index in [-0.39, 0.29) is 30.3 Å². The van der Waals surface area contributed by atoms with Gasteiger partial charge in [-0.2, -0.15) is 10.1 Å². The molecule has 3 rings (SSSR count). The van der Waals surface area contributed by atoms with Gasteiger partial charge in [0.15, 0.2) is 11.2 Å². The molecule has 0 fully saturated rings. The monoisotopic (exact) mass is 400 g/mol. The lowest BCUT2D eigenvalue weighted by Crippen LogP contribution is -2.30. The molecule has 10 heteroatoms. The van der Waals surface area contributed by atoms with Gasteiger partial charge in [-0.1, -0.05) is 25.1 Å². The molecule has 0 unspecified atom stereocenters. The number of aliphatic hydroxyl groups is 1. The molecule has 3 aromatic rings. The quantitative estimate of drug-likeness (QED) is 0.383. The van der Waals surface area contributed by atoms with Crippen molar-refractivity contribution < 1.29 is 9.84 Å². The number of anilines is 1. The third kappa shape index (κ3) is 4.54. The van der Waals surface area contributed by atoms with Gasteiger partial charge in [0.1, 0.15) is 18.5 Å². The molecule has 154 valence electrons. The Kier molecular flexibility index (Phi) is 6.13. The van der Waals surface area contributed by atoms with Crippen LogP contribution < -0.4 is 21.4 Å². The van der Waals surface area contributed by atoms with Crippen LogP contribution in [0.15, 0.2) is 45.0 Å². The number of aryl methyl sites for hydroxylation is 1. The number of rotatable bonds is 8. The van der Waals surface area contributed by atoms with Crippen molar-refractivity contribution in [2.45, 2.75) is 32.9 Å². The van der Waals surface area contributed by atoms with Crippen molar-refractivity contribution >= 4 is 22.8 Å². The molecule has 0 aliphatic rings. The summed E-state index contributed by atoms with van der Waals surface area (Å²) in [6.45, 7) is 3.85. The van der Waals surface area contributed by atoms with E-state index in [1.54, 1.807) is 12.1 Å². The van der Waals surface area contributed by atoms with Crippen LogP contribution in [-0.4, -0.2) is 42.6 Å². The van der Waals surface area contributed by atoms with E-state index in [1.807, 2.05) is 32.0 Å². The smallest absolute Gasteiger partial charge is 0.329 e. The molecule has 0 amide bonds. The number of ether oxygens (including phenoxy) is 1. The number of aromatic amines is 1. The Labute approximate surface area is 166 Å². The number of imidazole rings is 1. The number of aromatic nitrogens is 4. The molecule has 2 aromatic heterocycles. The minimum absolute atomic E-state index is 0.0179. The van der Waals surface area contributed by atoms with Gasteiger partial charge in [-0.25, -0.2) is 10.2 Å². The minimum atomic E-state index is -0.930. The lowest BCUT2D eigenvalue weighted by atomic mass is 10.3. The molecule has 0 aliphatic carbocycles. The number of nitrogens with zero attached hydrogens (tertiary/aromatic N) is 4. The lowest BCUT2D eigenvalue weighted by molar-refractivity contribution is 0.0938. The third-order valence-electron chi connectivity index (χ3n) is 4.44. The fraction of sp³-hybridized carbons (Fsp3) is 0.368. The fourth-order valence-electron chi connectivity index (χ4n) is 2.69. The van der Waals surface area contributed by atoms with Gasteiger partial charge in [-0.3, -0.25) is 14.3 Å². The van der Waals surface area contributed by atoms with E-state index < -0.39 is 17.4 Å². The highest BCUT2D eigenvalue weighted by Gasteiger charge is 2.20. The molecule has 29 heavy (non-hydrogen) atoms.